The molecule has 0 bridgehead atoms. The summed E-state index contributed by atoms with van der Waals surface area (Å²) in [5.74, 6) is 0.834. The van der Waals surface area contributed by atoms with Gasteiger partial charge in [0.05, 0.1) is 6.54 Å². The molecule has 19 heavy (non-hydrogen) atoms. The molecular formula is C12H16N6O. The molecular weight excluding hydrogens is 244 g/mol. The zero-order chi connectivity index (χ0) is 13.8. The fraction of sp³-hybridized carbons (Fsp3) is 0.333. The van der Waals surface area contributed by atoms with Gasteiger partial charge in [-0.2, -0.15) is 0 Å². The van der Waals surface area contributed by atoms with Gasteiger partial charge in [-0.15, -0.1) is 10.2 Å². The summed E-state index contributed by atoms with van der Waals surface area (Å²) in [5.41, 5.74) is 6.97. The minimum atomic E-state index is -0.202. The zero-order valence-electron chi connectivity index (χ0n) is 10.9. The molecule has 1 amide bonds. The predicted molar refractivity (Wildman–Crippen MR) is 70.2 cm³/mol. The number of nitrogens with one attached hydrogen (secondary N) is 1. The molecule has 0 aliphatic carbocycles. The lowest BCUT2D eigenvalue weighted by atomic mass is 10.2. The molecule has 7 heteroatoms. The van der Waals surface area contributed by atoms with Gasteiger partial charge < -0.3 is 15.6 Å². The number of aromatic nitrogens is 4. The van der Waals surface area contributed by atoms with E-state index in [9.17, 15) is 4.79 Å². The normalized spacial score (nSPS) is 10.4. The smallest absolute Gasteiger partial charge is 0.251 e. The lowest BCUT2D eigenvalue weighted by molar-refractivity contribution is 0.0949. The highest BCUT2D eigenvalue weighted by atomic mass is 16.1. The summed E-state index contributed by atoms with van der Waals surface area (Å²) in [7, 11) is 1.82. The number of carbonyl (C=O) groups is 1. The molecule has 0 aromatic carbocycles. The van der Waals surface area contributed by atoms with Crippen LogP contribution in [0.25, 0.3) is 0 Å². The van der Waals surface area contributed by atoms with E-state index in [0.717, 1.165) is 12.1 Å². The van der Waals surface area contributed by atoms with Gasteiger partial charge in [-0.05, 0) is 18.6 Å². The average molecular weight is 260 g/mol. The van der Waals surface area contributed by atoms with E-state index in [0.29, 0.717) is 23.8 Å². The molecule has 0 aliphatic heterocycles. The Morgan fingerprint density at radius 3 is 2.89 bits per heavy atom. The first-order valence-corrected chi connectivity index (χ1v) is 5.97. The first kappa shape index (κ1) is 13.0. The maximum atomic E-state index is 12.0. The molecule has 7 nitrogen and oxygen atoms in total. The Hall–Kier alpha value is -2.44. The van der Waals surface area contributed by atoms with Gasteiger partial charge in [0.2, 0.25) is 0 Å². The van der Waals surface area contributed by atoms with E-state index in [1.165, 1.54) is 0 Å². The van der Waals surface area contributed by atoms with Crippen LogP contribution in [0.1, 0.15) is 28.8 Å². The number of pyridine rings is 1. The van der Waals surface area contributed by atoms with Crippen LogP contribution in [0, 0.1) is 0 Å². The van der Waals surface area contributed by atoms with Crippen molar-refractivity contribution >= 4 is 11.7 Å². The molecule has 3 N–H and O–H groups in total. The van der Waals surface area contributed by atoms with Gasteiger partial charge in [0.15, 0.2) is 5.82 Å². The second-order valence-electron chi connectivity index (χ2n) is 4.17. The van der Waals surface area contributed by atoms with Crippen LogP contribution in [0.3, 0.4) is 0 Å². The fourth-order valence-electron chi connectivity index (χ4n) is 1.65. The summed E-state index contributed by atoms with van der Waals surface area (Å²) in [4.78, 5) is 16.1. The highest BCUT2D eigenvalue weighted by Crippen LogP contribution is 2.08. The third-order valence-electron chi connectivity index (χ3n) is 2.73. The monoisotopic (exact) mass is 260 g/mol. The highest BCUT2D eigenvalue weighted by Gasteiger charge is 2.09. The minimum Gasteiger partial charge on any atom is -0.384 e. The molecule has 0 saturated heterocycles. The van der Waals surface area contributed by atoms with Gasteiger partial charge in [0.1, 0.15) is 12.1 Å². The number of carbonyl (C=O) groups excluding carboxylic acids is 1. The van der Waals surface area contributed by atoms with E-state index in [2.05, 4.69) is 20.5 Å². The second kappa shape index (κ2) is 5.47. The topological polar surface area (TPSA) is 98.7 Å². The molecule has 0 unspecified atom stereocenters. The second-order valence-corrected chi connectivity index (χ2v) is 4.17. The van der Waals surface area contributed by atoms with Crippen LogP contribution in [0.4, 0.5) is 5.82 Å². The van der Waals surface area contributed by atoms with Crippen LogP contribution in [-0.2, 0) is 20.0 Å². The van der Waals surface area contributed by atoms with E-state index in [1.807, 2.05) is 14.0 Å². The first-order chi connectivity index (χ1) is 9.10. The van der Waals surface area contributed by atoms with E-state index < -0.39 is 0 Å². The summed E-state index contributed by atoms with van der Waals surface area (Å²) in [6.07, 6.45) is 2.32. The SMILES string of the molecule is CCc1cc(C(=O)NCc2nncn2C)cc(N)n1. The molecule has 2 rings (SSSR count). The number of nitrogen functional groups attached to an aromatic ring is 1. The van der Waals surface area contributed by atoms with Gasteiger partial charge in [0, 0.05) is 18.3 Å². The van der Waals surface area contributed by atoms with Crippen LogP contribution >= 0.6 is 0 Å². The van der Waals surface area contributed by atoms with E-state index in [1.54, 1.807) is 23.0 Å². The average Bonchev–Trinajstić information content (AvgIpc) is 2.80. The molecule has 0 spiro atoms. The molecule has 2 aromatic rings. The quantitative estimate of drug-likeness (QED) is 0.823. The maximum Gasteiger partial charge on any atom is 0.251 e. The molecule has 0 saturated carbocycles. The molecule has 2 heterocycles. The van der Waals surface area contributed by atoms with Gasteiger partial charge in [-0.25, -0.2) is 4.98 Å². The number of rotatable bonds is 4. The molecule has 0 radical (unpaired) electrons. The standard InChI is InChI=1S/C12H16N6O/c1-3-9-4-8(5-10(13)16-9)12(19)14-6-11-17-15-7-18(11)2/h4-5,7H,3,6H2,1-2H3,(H2,13,16)(H,14,19). The van der Waals surface area contributed by atoms with Gasteiger partial charge in [-0.1, -0.05) is 6.92 Å². The lowest BCUT2D eigenvalue weighted by Crippen LogP contribution is -2.24. The van der Waals surface area contributed by atoms with Gasteiger partial charge in [-0.3, -0.25) is 4.79 Å². The van der Waals surface area contributed by atoms with Crippen LogP contribution in [-0.4, -0.2) is 25.7 Å². The van der Waals surface area contributed by atoms with Crippen molar-refractivity contribution < 1.29 is 4.79 Å². The van der Waals surface area contributed by atoms with Crippen LogP contribution in [0.15, 0.2) is 18.5 Å². The number of nitrogens with zero attached hydrogens (tertiary/aromatic N) is 4. The Bertz CT molecular complexity index is 592. The van der Waals surface area contributed by atoms with Crippen molar-refractivity contribution in [3.63, 3.8) is 0 Å². The fourth-order valence-corrected chi connectivity index (χ4v) is 1.65. The molecule has 100 valence electrons. The summed E-state index contributed by atoms with van der Waals surface area (Å²) in [6.45, 7) is 2.28. The largest absolute Gasteiger partial charge is 0.384 e. The van der Waals surface area contributed by atoms with Crippen LogP contribution < -0.4 is 11.1 Å². The number of amides is 1. The van der Waals surface area contributed by atoms with Crippen molar-refractivity contribution in [3.05, 3.63) is 35.5 Å². The highest BCUT2D eigenvalue weighted by molar-refractivity contribution is 5.94. The van der Waals surface area contributed by atoms with E-state index >= 15 is 0 Å². The van der Waals surface area contributed by atoms with Crippen LogP contribution in [0.5, 0.6) is 0 Å². The summed E-state index contributed by atoms with van der Waals surface area (Å²) in [6, 6.07) is 3.30. The molecule has 0 aliphatic rings. The van der Waals surface area contributed by atoms with Crippen molar-refractivity contribution in [1.82, 2.24) is 25.1 Å². The van der Waals surface area contributed by atoms with Crippen molar-refractivity contribution in [3.8, 4) is 0 Å². The Kier molecular flexibility index (Phi) is 3.74. The van der Waals surface area contributed by atoms with Crippen LogP contribution in [0.2, 0.25) is 0 Å². The number of hydrogen-bond donors (Lipinski definition) is 2. The van der Waals surface area contributed by atoms with Crippen molar-refractivity contribution in [2.24, 2.45) is 7.05 Å². The Labute approximate surface area is 110 Å². The zero-order valence-corrected chi connectivity index (χ0v) is 10.9. The number of anilines is 1. The van der Waals surface area contributed by atoms with E-state index in [-0.39, 0.29) is 5.91 Å². The first-order valence-electron chi connectivity index (χ1n) is 5.97. The summed E-state index contributed by atoms with van der Waals surface area (Å²) in [5, 5.41) is 10.4. The summed E-state index contributed by atoms with van der Waals surface area (Å²) < 4.78 is 1.75. The maximum absolute atomic E-state index is 12.0. The number of aryl methyl sites for hydroxylation is 2. The van der Waals surface area contributed by atoms with Crippen molar-refractivity contribution in [2.45, 2.75) is 19.9 Å². The third-order valence-corrected chi connectivity index (χ3v) is 2.73. The number of nitrogens with two attached hydrogens (primary N) is 1. The predicted octanol–water partition coefficient (Wildman–Crippen LogP) is 0.285. The molecule has 0 atom stereocenters. The Morgan fingerprint density at radius 1 is 1.47 bits per heavy atom. The Morgan fingerprint density at radius 2 is 2.26 bits per heavy atom. The molecule has 0 fully saturated rings. The van der Waals surface area contributed by atoms with Crippen molar-refractivity contribution in [2.75, 3.05) is 5.73 Å². The van der Waals surface area contributed by atoms with Gasteiger partial charge >= 0.3 is 0 Å². The lowest BCUT2D eigenvalue weighted by Gasteiger charge is -2.07. The molecule has 2 aromatic heterocycles. The van der Waals surface area contributed by atoms with E-state index in [4.69, 9.17) is 5.73 Å². The van der Waals surface area contributed by atoms with Gasteiger partial charge in [0.25, 0.3) is 5.91 Å². The third kappa shape index (κ3) is 3.06. The summed E-state index contributed by atoms with van der Waals surface area (Å²) >= 11 is 0. The Balaban J connectivity index is 2.08. The minimum absolute atomic E-state index is 0.202. The van der Waals surface area contributed by atoms with Crippen molar-refractivity contribution in [1.29, 1.82) is 0 Å². The number of hydrogen-bond acceptors (Lipinski definition) is 5.